The van der Waals surface area contributed by atoms with Gasteiger partial charge in [0, 0.05) is 16.3 Å². The Hall–Kier alpha value is -3.05. The van der Waals surface area contributed by atoms with Gasteiger partial charge in [0.1, 0.15) is 0 Å². The van der Waals surface area contributed by atoms with Gasteiger partial charge in [-0.15, -0.1) is 0 Å². The quantitative estimate of drug-likeness (QED) is 0.391. The number of hydrogen-bond acceptors (Lipinski definition) is 3. The first-order chi connectivity index (χ1) is 15.1. The van der Waals surface area contributed by atoms with E-state index in [0.717, 1.165) is 20.6 Å². The molecule has 3 aromatic rings. The van der Waals surface area contributed by atoms with Crippen molar-refractivity contribution >= 4 is 34.0 Å². The van der Waals surface area contributed by atoms with Crippen molar-refractivity contribution in [1.29, 1.82) is 0 Å². The third kappa shape index (κ3) is 2.56. The fourth-order valence-corrected chi connectivity index (χ4v) is 5.99. The van der Waals surface area contributed by atoms with Crippen LogP contribution in [0.1, 0.15) is 45.2 Å². The highest BCUT2D eigenvalue weighted by molar-refractivity contribution is 9.10. The fraction of sp³-hybridized carbons (Fsp3) is 0.192. The van der Waals surface area contributed by atoms with Crippen molar-refractivity contribution in [1.82, 2.24) is 5.01 Å². The Balaban J connectivity index is 1.44. The number of hydrazone groups is 1. The first-order valence-electron chi connectivity index (χ1n) is 10.4. The molecule has 2 atom stereocenters. The lowest BCUT2D eigenvalue weighted by molar-refractivity contribution is -0.139. The van der Waals surface area contributed by atoms with Gasteiger partial charge in [0.15, 0.2) is 0 Å². The number of aryl methyl sites for hydroxylation is 1. The number of hydrogen-bond donors (Lipinski definition) is 0. The van der Waals surface area contributed by atoms with E-state index in [2.05, 4.69) is 45.3 Å². The number of amides is 2. The number of carbonyl (C=O) groups is 2. The van der Waals surface area contributed by atoms with Gasteiger partial charge in [-0.2, -0.15) is 10.1 Å². The van der Waals surface area contributed by atoms with Gasteiger partial charge in [-0.25, -0.2) is 0 Å². The van der Waals surface area contributed by atoms with Crippen LogP contribution in [0.25, 0.3) is 0 Å². The Labute approximate surface area is 188 Å². The average Bonchev–Trinajstić information content (AvgIpc) is 3.05. The predicted molar refractivity (Wildman–Crippen MR) is 122 cm³/mol. The molecule has 1 saturated heterocycles. The maximum absolute atomic E-state index is 13.5. The van der Waals surface area contributed by atoms with Crippen molar-refractivity contribution in [2.45, 2.75) is 18.8 Å². The molecule has 3 aliphatic carbocycles. The first-order valence-corrected chi connectivity index (χ1v) is 11.2. The summed E-state index contributed by atoms with van der Waals surface area (Å²) >= 11 is 3.52. The van der Waals surface area contributed by atoms with Gasteiger partial charge < -0.3 is 0 Å². The Morgan fingerprint density at radius 1 is 0.806 bits per heavy atom. The second-order valence-electron chi connectivity index (χ2n) is 8.51. The molecule has 5 heteroatoms. The Morgan fingerprint density at radius 2 is 1.29 bits per heavy atom. The Morgan fingerprint density at radius 3 is 1.74 bits per heavy atom. The number of carbonyl (C=O) groups excluding carboxylic acids is 2. The van der Waals surface area contributed by atoms with Gasteiger partial charge in [0.2, 0.25) is 0 Å². The normalized spacial score (nSPS) is 25.7. The predicted octanol–water partition coefficient (Wildman–Crippen LogP) is 4.98. The maximum atomic E-state index is 13.5. The van der Waals surface area contributed by atoms with Crippen molar-refractivity contribution in [3.05, 3.63) is 105 Å². The average molecular weight is 471 g/mol. The molecule has 0 unspecified atom stereocenters. The molecule has 1 aliphatic heterocycles. The van der Waals surface area contributed by atoms with Crippen LogP contribution in [0.4, 0.5) is 0 Å². The van der Waals surface area contributed by atoms with Crippen LogP contribution in [-0.4, -0.2) is 23.0 Å². The lowest BCUT2D eigenvalue weighted by Crippen LogP contribution is -2.41. The summed E-state index contributed by atoms with van der Waals surface area (Å²) in [4.78, 5) is 27.0. The minimum absolute atomic E-state index is 0.104. The van der Waals surface area contributed by atoms with E-state index in [1.54, 1.807) is 6.21 Å². The van der Waals surface area contributed by atoms with Crippen LogP contribution in [0, 0.1) is 18.8 Å². The zero-order valence-electron chi connectivity index (χ0n) is 16.8. The van der Waals surface area contributed by atoms with E-state index >= 15 is 0 Å². The van der Waals surface area contributed by atoms with Crippen molar-refractivity contribution < 1.29 is 9.59 Å². The zero-order chi connectivity index (χ0) is 21.3. The topological polar surface area (TPSA) is 49.7 Å². The summed E-state index contributed by atoms with van der Waals surface area (Å²) in [7, 11) is 0. The van der Waals surface area contributed by atoms with Crippen LogP contribution in [0.2, 0.25) is 0 Å². The monoisotopic (exact) mass is 470 g/mol. The highest BCUT2D eigenvalue weighted by Gasteiger charge is 2.61. The molecule has 2 bridgehead atoms. The molecule has 4 aliphatic rings. The molecule has 4 nitrogen and oxygen atoms in total. The molecular formula is C26H19BrN2O2. The third-order valence-corrected chi connectivity index (χ3v) is 7.80. The molecule has 0 radical (unpaired) electrons. The third-order valence-electron chi connectivity index (χ3n) is 6.94. The highest BCUT2D eigenvalue weighted by Crippen LogP contribution is 2.60. The number of benzene rings is 3. The van der Waals surface area contributed by atoms with Crippen molar-refractivity contribution in [2.24, 2.45) is 16.9 Å². The Bertz CT molecular complexity index is 1180. The van der Waals surface area contributed by atoms with Crippen LogP contribution in [0.15, 0.2) is 76.3 Å². The Kier molecular flexibility index (Phi) is 4.06. The summed E-state index contributed by atoms with van der Waals surface area (Å²) in [5.41, 5.74) is 6.62. The second-order valence-corrected chi connectivity index (χ2v) is 9.36. The summed E-state index contributed by atoms with van der Waals surface area (Å²) in [5, 5.41) is 5.47. The summed E-state index contributed by atoms with van der Waals surface area (Å²) in [5.74, 6) is -1.40. The van der Waals surface area contributed by atoms with E-state index in [9.17, 15) is 9.59 Å². The number of imide groups is 1. The summed E-state index contributed by atoms with van der Waals surface area (Å²) < 4.78 is 0.966. The molecule has 2 amide bonds. The van der Waals surface area contributed by atoms with E-state index in [4.69, 9.17) is 0 Å². The molecule has 152 valence electrons. The summed E-state index contributed by atoms with van der Waals surface area (Å²) in [6.07, 6.45) is 1.60. The minimum Gasteiger partial charge on any atom is -0.272 e. The number of rotatable bonds is 2. The van der Waals surface area contributed by atoms with Gasteiger partial charge in [0.25, 0.3) is 11.8 Å². The fourth-order valence-electron chi connectivity index (χ4n) is 5.59. The molecule has 7 rings (SSSR count). The summed E-state index contributed by atoms with van der Waals surface area (Å²) in [6, 6.07) is 22.3. The van der Waals surface area contributed by atoms with E-state index in [1.165, 1.54) is 22.3 Å². The number of halogens is 1. The second kappa shape index (κ2) is 6.72. The first kappa shape index (κ1) is 18.7. The van der Waals surface area contributed by atoms with Crippen LogP contribution >= 0.6 is 15.9 Å². The van der Waals surface area contributed by atoms with Gasteiger partial charge in [-0.3, -0.25) is 9.59 Å². The summed E-state index contributed by atoms with van der Waals surface area (Å²) in [6.45, 7) is 2.01. The van der Waals surface area contributed by atoms with Crippen molar-refractivity contribution in [2.75, 3.05) is 0 Å². The van der Waals surface area contributed by atoms with Gasteiger partial charge >= 0.3 is 0 Å². The van der Waals surface area contributed by atoms with Crippen LogP contribution in [0.5, 0.6) is 0 Å². The van der Waals surface area contributed by atoms with Gasteiger partial charge in [0.05, 0.1) is 18.1 Å². The molecular weight excluding hydrogens is 452 g/mol. The lowest BCUT2D eigenvalue weighted by Gasteiger charge is -2.45. The van der Waals surface area contributed by atoms with Crippen molar-refractivity contribution in [3.63, 3.8) is 0 Å². The highest BCUT2D eigenvalue weighted by atomic mass is 79.9. The maximum Gasteiger partial charge on any atom is 0.254 e. The zero-order valence-corrected chi connectivity index (χ0v) is 18.4. The van der Waals surface area contributed by atoms with E-state index < -0.39 is 11.8 Å². The van der Waals surface area contributed by atoms with Crippen LogP contribution < -0.4 is 0 Å². The molecule has 0 N–H and O–H groups in total. The molecule has 0 aromatic heterocycles. The molecule has 1 heterocycles. The number of nitrogens with zero attached hydrogens (tertiary/aromatic N) is 2. The molecule has 31 heavy (non-hydrogen) atoms. The molecule has 1 fully saturated rings. The SMILES string of the molecule is Cc1ccc(/C=N\N2C(=O)[C@@H]3C4c5ccccc5C(c5ccccc54)[C@H]3C2=O)cc1Br. The van der Waals surface area contributed by atoms with Crippen molar-refractivity contribution in [3.8, 4) is 0 Å². The smallest absolute Gasteiger partial charge is 0.254 e. The van der Waals surface area contributed by atoms with E-state index in [0.29, 0.717) is 0 Å². The standard InChI is InChI=1S/C26H19BrN2O2/c1-14-10-11-15(12-20(14)27)13-28-29-25(30)23-21-16-6-2-3-7-17(16)22(24(23)26(29)31)19-9-5-4-8-18(19)21/h2-13,21-24H,1H3/b28-13-/t21?,22?,23-,24-/m1/s1. The van der Waals surface area contributed by atoms with E-state index in [-0.39, 0.29) is 23.7 Å². The lowest BCUT2D eigenvalue weighted by atomic mass is 9.55. The van der Waals surface area contributed by atoms with E-state index in [1.807, 2.05) is 49.4 Å². The van der Waals surface area contributed by atoms with Crippen LogP contribution in [-0.2, 0) is 9.59 Å². The largest absolute Gasteiger partial charge is 0.272 e. The molecule has 3 aromatic carbocycles. The van der Waals surface area contributed by atoms with Gasteiger partial charge in [-0.1, -0.05) is 76.6 Å². The molecule has 0 saturated carbocycles. The van der Waals surface area contributed by atoms with Crippen LogP contribution in [0.3, 0.4) is 0 Å². The molecule has 0 spiro atoms. The minimum atomic E-state index is -0.399. The van der Waals surface area contributed by atoms with Gasteiger partial charge in [-0.05, 0) is 46.4 Å².